The van der Waals surface area contributed by atoms with Crippen molar-refractivity contribution in [2.24, 2.45) is 0 Å². The van der Waals surface area contributed by atoms with E-state index < -0.39 is 0 Å². The molecule has 0 saturated carbocycles. The fourth-order valence-electron chi connectivity index (χ4n) is 3.48. The Balaban J connectivity index is 1.78. The van der Waals surface area contributed by atoms with E-state index in [1.165, 1.54) is 5.56 Å². The number of hydrogen-bond donors (Lipinski definition) is 2. The van der Waals surface area contributed by atoms with E-state index in [1.54, 1.807) is 12.1 Å². The molecule has 3 aromatic rings. The largest absolute Gasteiger partial charge is 0.354 e. The van der Waals surface area contributed by atoms with Crippen LogP contribution in [0.3, 0.4) is 0 Å². The normalized spacial score (nSPS) is 14.6. The summed E-state index contributed by atoms with van der Waals surface area (Å²) in [7, 11) is 4.10. The van der Waals surface area contributed by atoms with Crippen molar-refractivity contribution in [2.75, 3.05) is 24.7 Å². The van der Waals surface area contributed by atoms with Crippen LogP contribution in [0.2, 0.25) is 5.02 Å². The van der Waals surface area contributed by atoms with Crippen molar-refractivity contribution in [3.05, 3.63) is 94.5 Å². The molecular weight excluding hydrogens is 382 g/mol. The fourth-order valence-corrected chi connectivity index (χ4v) is 3.65. The van der Waals surface area contributed by atoms with Crippen LogP contribution in [0.15, 0.2) is 72.8 Å². The first kappa shape index (κ1) is 19.2. The molecule has 1 aliphatic heterocycles. The maximum Gasteiger partial charge on any atom is 0.258 e. The van der Waals surface area contributed by atoms with Gasteiger partial charge in [-0.05, 0) is 49.5 Å². The minimum Gasteiger partial charge on any atom is -0.354 e. The topological polar surface area (TPSA) is 44.4 Å². The predicted octanol–water partition coefficient (Wildman–Crippen LogP) is 5.33. The molecule has 0 aromatic heterocycles. The van der Waals surface area contributed by atoms with Crippen LogP contribution in [-0.2, 0) is 11.3 Å². The van der Waals surface area contributed by atoms with Crippen molar-refractivity contribution in [3.63, 3.8) is 0 Å². The lowest BCUT2D eigenvalue weighted by Gasteiger charge is -2.16. The molecule has 4 rings (SSSR count). The molecule has 0 unspecified atom stereocenters. The van der Waals surface area contributed by atoms with Crippen LogP contribution in [0.25, 0.3) is 11.3 Å². The van der Waals surface area contributed by atoms with E-state index in [1.807, 2.05) is 62.6 Å². The van der Waals surface area contributed by atoms with Crippen LogP contribution in [0.5, 0.6) is 0 Å². The molecule has 0 bridgehead atoms. The Bertz CT molecular complexity index is 1070. The van der Waals surface area contributed by atoms with E-state index in [2.05, 4.69) is 27.7 Å². The summed E-state index contributed by atoms with van der Waals surface area (Å²) in [5, 5.41) is 7.00. The Morgan fingerprint density at radius 2 is 1.72 bits per heavy atom. The average Bonchev–Trinajstić information content (AvgIpc) is 3.02. The van der Waals surface area contributed by atoms with Gasteiger partial charge in [0.15, 0.2) is 0 Å². The van der Waals surface area contributed by atoms with E-state index in [9.17, 15) is 4.79 Å². The van der Waals surface area contributed by atoms with Gasteiger partial charge in [0, 0.05) is 22.8 Å². The van der Waals surface area contributed by atoms with Gasteiger partial charge in [0.05, 0.1) is 17.0 Å². The first-order valence-corrected chi connectivity index (χ1v) is 9.81. The number of rotatable bonds is 5. The molecule has 0 radical (unpaired) electrons. The van der Waals surface area contributed by atoms with Crippen molar-refractivity contribution >= 4 is 40.2 Å². The lowest BCUT2D eigenvalue weighted by molar-refractivity contribution is -0.110. The highest BCUT2D eigenvalue weighted by Gasteiger charge is 2.28. The Kier molecular flexibility index (Phi) is 5.38. The summed E-state index contributed by atoms with van der Waals surface area (Å²) in [4.78, 5) is 15.0. The first-order valence-electron chi connectivity index (χ1n) is 9.43. The number of amides is 1. The van der Waals surface area contributed by atoms with Crippen molar-refractivity contribution in [2.45, 2.75) is 6.54 Å². The van der Waals surface area contributed by atoms with Gasteiger partial charge >= 0.3 is 0 Å². The molecule has 2 N–H and O–H groups in total. The van der Waals surface area contributed by atoms with Gasteiger partial charge in [-0.3, -0.25) is 4.79 Å². The number of halogens is 1. The minimum atomic E-state index is -0.141. The molecule has 0 fully saturated rings. The second-order valence-corrected chi connectivity index (χ2v) is 7.76. The van der Waals surface area contributed by atoms with Crippen LogP contribution >= 0.6 is 11.6 Å². The highest BCUT2D eigenvalue weighted by molar-refractivity contribution is 6.38. The van der Waals surface area contributed by atoms with Gasteiger partial charge in [-0.15, -0.1) is 0 Å². The Labute approximate surface area is 175 Å². The van der Waals surface area contributed by atoms with E-state index in [4.69, 9.17) is 11.6 Å². The van der Waals surface area contributed by atoms with Crippen LogP contribution < -0.4 is 10.6 Å². The third kappa shape index (κ3) is 4.19. The Morgan fingerprint density at radius 1 is 1.00 bits per heavy atom. The molecule has 0 saturated heterocycles. The van der Waals surface area contributed by atoms with Gasteiger partial charge in [-0.1, -0.05) is 60.1 Å². The summed E-state index contributed by atoms with van der Waals surface area (Å²) in [6.45, 7) is 0.878. The third-order valence-electron chi connectivity index (χ3n) is 4.76. The quantitative estimate of drug-likeness (QED) is 0.565. The summed E-state index contributed by atoms with van der Waals surface area (Å²) in [5.41, 5.74) is 6.05. The lowest BCUT2D eigenvalue weighted by Crippen LogP contribution is -2.11. The van der Waals surface area contributed by atoms with Crippen LogP contribution in [0.4, 0.5) is 11.4 Å². The van der Waals surface area contributed by atoms with Crippen molar-refractivity contribution in [1.29, 1.82) is 0 Å². The zero-order valence-electron chi connectivity index (χ0n) is 16.4. The minimum absolute atomic E-state index is 0.141. The van der Waals surface area contributed by atoms with Crippen LogP contribution in [0, 0.1) is 0 Å². The highest BCUT2D eigenvalue weighted by atomic mass is 35.5. The summed E-state index contributed by atoms with van der Waals surface area (Å²) in [6, 6.07) is 23.6. The van der Waals surface area contributed by atoms with Crippen molar-refractivity contribution < 1.29 is 4.79 Å². The number of nitrogens with zero attached hydrogens (tertiary/aromatic N) is 1. The van der Waals surface area contributed by atoms with Gasteiger partial charge in [0.25, 0.3) is 5.91 Å². The Hall–Kier alpha value is -3.08. The molecular formula is C24H22ClN3O. The number of carbonyl (C=O) groups is 1. The van der Waals surface area contributed by atoms with Gasteiger partial charge < -0.3 is 15.5 Å². The summed E-state index contributed by atoms with van der Waals surface area (Å²) in [5.74, 6) is -0.141. The number of anilines is 2. The maximum atomic E-state index is 12.9. The monoisotopic (exact) mass is 403 g/mol. The molecule has 1 heterocycles. The highest BCUT2D eigenvalue weighted by Crippen LogP contribution is 2.38. The smallest absolute Gasteiger partial charge is 0.258 e. The molecule has 5 heteroatoms. The van der Waals surface area contributed by atoms with Gasteiger partial charge in [-0.2, -0.15) is 0 Å². The Morgan fingerprint density at radius 3 is 2.41 bits per heavy atom. The molecule has 0 aliphatic carbocycles. The van der Waals surface area contributed by atoms with Gasteiger partial charge in [0.1, 0.15) is 0 Å². The third-order valence-corrected chi connectivity index (χ3v) is 5.00. The van der Waals surface area contributed by atoms with Gasteiger partial charge in [-0.25, -0.2) is 0 Å². The van der Waals surface area contributed by atoms with Crippen LogP contribution in [-0.4, -0.2) is 24.9 Å². The summed E-state index contributed by atoms with van der Waals surface area (Å²) in [6.07, 6.45) is 0. The molecule has 0 spiro atoms. The van der Waals surface area contributed by atoms with E-state index in [-0.39, 0.29) is 5.91 Å². The van der Waals surface area contributed by atoms with E-state index >= 15 is 0 Å². The van der Waals surface area contributed by atoms with Gasteiger partial charge in [0.2, 0.25) is 0 Å². The summed E-state index contributed by atoms with van der Waals surface area (Å²) >= 11 is 6.11. The molecule has 146 valence electrons. The second-order valence-electron chi connectivity index (χ2n) is 7.32. The zero-order chi connectivity index (χ0) is 20.4. The number of fused-ring (bicyclic) bond motifs is 1. The SMILES string of the molecule is CN(C)Cc1ccc(NC(=C2C(=O)Nc3cc(Cl)ccc32)c2ccccc2)cc1. The number of carbonyl (C=O) groups excluding carboxylic acids is 1. The van der Waals surface area contributed by atoms with E-state index in [0.717, 1.165) is 34.7 Å². The van der Waals surface area contributed by atoms with E-state index in [0.29, 0.717) is 10.6 Å². The number of nitrogens with one attached hydrogen (secondary N) is 2. The summed E-state index contributed by atoms with van der Waals surface area (Å²) < 4.78 is 0. The molecule has 29 heavy (non-hydrogen) atoms. The zero-order valence-corrected chi connectivity index (χ0v) is 17.1. The fraction of sp³-hybridized carbons (Fsp3) is 0.125. The standard InChI is InChI=1S/C24H22ClN3O/c1-28(2)15-16-8-11-19(12-9-16)26-23(17-6-4-3-5-7-17)22-20-13-10-18(25)14-21(20)27-24(22)29/h3-14,26H,15H2,1-2H3,(H,27,29). The average molecular weight is 404 g/mol. The number of benzene rings is 3. The number of hydrogen-bond acceptors (Lipinski definition) is 3. The molecule has 1 aliphatic rings. The molecule has 3 aromatic carbocycles. The molecule has 1 amide bonds. The molecule has 4 nitrogen and oxygen atoms in total. The molecule has 0 atom stereocenters. The maximum absolute atomic E-state index is 12.9. The van der Waals surface area contributed by atoms with Crippen molar-refractivity contribution in [3.8, 4) is 0 Å². The predicted molar refractivity (Wildman–Crippen MR) is 121 cm³/mol. The first-order chi connectivity index (χ1) is 14.0. The lowest BCUT2D eigenvalue weighted by atomic mass is 10.00. The second kappa shape index (κ2) is 8.11. The van der Waals surface area contributed by atoms with Crippen LogP contribution in [0.1, 0.15) is 16.7 Å². The van der Waals surface area contributed by atoms with Crippen molar-refractivity contribution in [1.82, 2.24) is 4.90 Å².